The molecule has 1 atom stereocenters. The smallest absolute Gasteiger partial charge is 0.0326 e. The van der Waals surface area contributed by atoms with Crippen LogP contribution in [0.25, 0.3) is 0 Å². The first-order valence-corrected chi connectivity index (χ1v) is 5.16. The van der Waals surface area contributed by atoms with Crippen LogP contribution in [0, 0.1) is 5.92 Å². The van der Waals surface area contributed by atoms with Gasteiger partial charge in [-0.3, -0.25) is 0 Å². The van der Waals surface area contributed by atoms with Crippen LogP contribution in [0.1, 0.15) is 36.9 Å². The molecular weight excluding hydrogens is 158 g/mol. The molecule has 0 radical (unpaired) electrons. The summed E-state index contributed by atoms with van der Waals surface area (Å²) < 4.78 is 0. The third kappa shape index (κ3) is 1.75. The average Bonchev–Trinajstić information content (AvgIpc) is 3.00. The van der Waals surface area contributed by atoms with E-state index in [1.165, 1.54) is 24.0 Å². The van der Waals surface area contributed by atoms with E-state index in [0.717, 1.165) is 12.3 Å². The molecule has 1 aliphatic rings. The molecule has 1 aromatic rings. The van der Waals surface area contributed by atoms with Gasteiger partial charge in [-0.2, -0.15) is 0 Å². The second kappa shape index (κ2) is 3.51. The standard InChI is InChI=1S/C12H17N/c1-2-9-5-3-4-6-11(9)12(13)10-7-8-10/h3-6,10,12H,2,7-8,13H2,1H3/t12-/m0/s1. The fourth-order valence-electron chi connectivity index (χ4n) is 1.89. The van der Waals surface area contributed by atoms with Crippen LogP contribution in [0.2, 0.25) is 0 Å². The fourth-order valence-corrected chi connectivity index (χ4v) is 1.89. The topological polar surface area (TPSA) is 26.0 Å². The zero-order chi connectivity index (χ0) is 9.26. The van der Waals surface area contributed by atoms with Crippen LogP contribution in [0.15, 0.2) is 24.3 Å². The van der Waals surface area contributed by atoms with E-state index >= 15 is 0 Å². The summed E-state index contributed by atoms with van der Waals surface area (Å²) in [6.45, 7) is 2.19. The lowest BCUT2D eigenvalue weighted by molar-refractivity contribution is 0.627. The number of nitrogens with two attached hydrogens (primary N) is 1. The Kier molecular flexibility index (Phi) is 2.36. The highest BCUT2D eigenvalue weighted by molar-refractivity contribution is 5.30. The van der Waals surface area contributed by atoms with E-state index < -0.39 is 0 Å². The van der Waals surface area contributed by atoms with Crippen molar-refractivity contribution >= 4 is 0 Å². The zero-order valence-corrected chi connectivity index (χ0v) is 8.16. The van der Waals surface area contributed by atoms with Crippen molar-refractivity contribution in [3.05, 3.63) is 35.4 Å². The van der Waals surface area contributed by atoms with Gasteiger partial charge in [0, 0.05) is 6.04 Å². The van der Waals surface area contributed by atoms with Gasteiger partial charge in [0.05, 0.1) is 0 Å². The Morgan fingerprint density at radius 2 is 2.08 bits per heavy atom. The molecule has 0 amide bonds. The van der Waals surface area contributed by atoms with Crippen molar-refractivity contribution in [1.29, 1.82) is 0 Å². The minimum Gasteiger partial charge on any atom is -0.324 e. The Labute approximate surface area is 80.0 Å². The second-order valence-electron chi connectivity index (χ2n) is 3.92. The van der Waals surface area contributed by atoms with E-state index in [0.29, 0.717) is 0 Å². The van der Waals surface area contributed by atoms with Gasteiger partial charge in [-0.15, -0.1) is 0 Å². The number of aryl methyl sites for hydroxylation is 1. The Balaban J connectivity index is 2.26. The quantitative estimate of drug-likeness (QED) is 0.751. The predicted molar refractivity (Wildman–Crippen MR) is 55.5 cm³/mol. The van der Waals surface area contributed by atoms with Crippen molar-refractivity contribution < 1.29 is 0 Å². The number of hydrogen-bond donors (Lipinski definition) is 1. The number of rotatable bonds is 3. The summed E-state index contributed by atoms with van der Waals surface area (Å²) in [5, 5.41) is 0. The Morgan fingerprint density at radius 3 is 2.69 bits per heavy atom. The van der Waals surface area contributed by atoms with E-state index in [2.05, 4.69) is 31.2 Å². The number of benzene rings is 1. The van der Waals surface area contributed by atoms with Crippen LogP contribution in [-0.2, 0) is 6.42 Å². The highest BCUT2D eigenvalue weighted by atomic mass is 14.7. The van der Waals surface area contributed by atoms with Crippen molar-refractivity contribution in [1.82, 2.24) is 0 Å². The fraction of sp³-hybridized carbons (Fsp3) is 0.500. The lowest BCUT2D eigenvalue weighted by Gasteiger charge is -2.14. The van der Waals surface area contributed by atoms with E-state index in [-0.39, 0.29) is 6.04 Å². The molecule has 1 heteroatoms. The summed E-state index contributed by atoms with van der Waals surface area (Å²) in [7, 11) is 0. The zero-order valence-electron chi connectivity index (χ0n) is 8.16. The summed E-state index contributed by atoms with van der Waals surface area (Å²) in [6, 6.07) is 8.86. The Bertz CT molecular complexity index is 289. The largest absolute Gasteiger partial charge is 0.324 e. The number of hydrogen-bond acceptors (Lipinski definition) is 1. The highest BCUT2D eigenvalue weighted by Crippen LogP contribution is 2.40. The van der Waals surface area contributed by atoms with Crippen molar-refractivity contribution in [2.24, 2.45) is 11.7 Å². The van der Waals surface area contributed by atoms with E-state index in [9.17, 15) is 0 Å². The maximum absolute atomic E-state index is 6.18. The van der Waals surface area contributed by atoms with Crippen molar-refractivity contribution in [3.8, 4) is 0 Å². The molecule has 0 aromatic heterocycles. The van der Waals surface area contributed by atoms with Gasteiger partial charge in [0.2, 0.25) is 0 Å². The first-order chi connectivity index (χ1) is 6.33. The third-order valence-corrected chi connectivity index (χ3v) is 2.92. The predicted octanol–water partition coefficient (Wildman–Crippen LogP) is 2.66. The minimum atomic E-state index is 0.288. The molecule has 1 aromatic carbocycles. The molecule has 0 heterocycles. The van der Waals surface area contributed by atoms with Crippen LogP contribution in [-0.4, -0.2) is 0 Å². The van der Waals surface area contributed by atoms with E-state index in [1.807, 2.05) is 0 Å². The van der Waals surface area contributed by atoms with Crippen LogP contribution < -0.4 is 5.73 Å². The summed E-state index contributed by atoms with van der Waals surface area (Å²) in [5.41, 5.74) is 8.96. The molecule has 0 bridgehead atoms. The third-order valence-electron chi connectivity index (χ3n) is 2.92. The van der Waals surface area contributed by atoms with Gasteiger partial charge in [-0.05, 0) is 36.3 Å². The summed E-state index contributed by atoms with van der Waals surface area (Å²) >= 11 is 0. The summed E-state index contributed by atoms with van der Waals surface area (Å²) in [4.78, 5) is 0. The molecule has 0 saturated heterocycles. The molecule has 0 unspecified atom stereocenters. The SMILES string of the molecule is CCc1ccccc1[C@@H](N)C1CC1. The van der Waals surface area contributed by atoms with Crippen LogP contribution >= 0.6 is 0 Å². The van der Waals surface area contributed by atoms with Gasteiger partial charge in [0.15, 0.2) is 0 Å². The molecule has 1 fully saturated rings. The average molecular weight is 175 g/mol. The molecule has 13 heavy (non-hydrogen) atoms. The second-order valence-corrected chi connectivity index (χ2v) is 3.92. The molecule has 70 valence electrons. The minimum absolute atomic E-state index is 0.288. The van der Waals surface area contributed by atoms with Crippen LogP contribution in [0.5, 0.6) is 0 Å². The van der Waals surface area contributed by atoms with Gasteiger partial charge < -0.3 is 5.73 Å². The molecule has 1 aliphatic carbocycles. The van der Waals surface area contributed by atoms with Gasteiger partial charge >= 0.3 is 0 Å². The highest BCUT2D eigenvalue weighted by Gasteiger charge is 2.30. The molecule has 0 spiro atoms. The van der Waals surface area contributed by atoms with Crippen molar-refractivity contribution in [2.45, 2.75) is 32.2 Å². The van der Waals surface area contributed by atoms with Crippen molar-refractivity contribution in [3.63, 3.8) is 0 Å². The first-order valence-electron chi connectivity index (χ1n) is 5.16. The van der Waals surface area contributed by atoms with Gasteiger partial charge in [-0.25, -0.2) is 0 Å². The molecule has 1 nitrogen and oxygen atoms in total. The Morgan fingerprint density at radius 1 is 1.38 bits per heavy atom. The monoisotopic (exact) mass is 175 g/mol. The maximum atomic E-state index is 6.18. The Hall–Kier alpha value is -0.820. The van der Waals surface area contributed by atoms with Gasteiger partial charge in [-0.1, -0.05) is 31.2 Å². The van der Waals surface area contributed by atoms with E-state index in [1.54, 1.807) is 0 Å². The summed E-state index contributed by atoms with van der Waals surface area (Å²) in [6.07, 6.45) is 3.73. The maximum Gasteiger partial charge on any atom is 0.0326 e. The molecule has 0 aliphatic heterocycles. The van der Waals surface area contributed by atoms with Gasteiger partial charge in [0.25, 0.3) is 0 Å². The summed E-state index contributed by atoms with van der Waals surface area (Å²) in [5.74, 6) is 0.757. The lowest BCUT2D eigenvalue weighted by Crippen LogP contribution is -2.14. The lowest BCUT2D eigenvalue weighted by atomic mass is 9.96. The van der Waals surface area contributed by atoms with Crippen LogP contribution in [0.4, 0.5) is 0 Å². The molecular formula is C12H17N. The van der Waals surface area contributed by atoms with E-state index in [4.69, 9.17) is 5.73 Å². The molecule has 2 N–H and O–H groups in total. The van der Waals surface area contributed by atoms with Crippen molar-refractivity contribution in [2.75, 3.05) is 0 Å². The first kappa shape index (κ1) is 8.76. The molecule has 2 rings (SSSR count). The van der Waals surface area contributed by atoms with Gasteiger partial charge in [0.1, 0.15) is 0 Å². The normalized spacial score (nSPS) is 18.6. The van der Waals surface area contributed by atoms with Crippen LogP contribution in [0.3, 0.4) is 0 Å². The molecule has 1 saturated carbocycles.